The number of carbonyl (C=O) groups excluding carboxylic acids is 2. The third kappa shape index (κ3) is 4.42. The number of pyridine rings is 1. The molecule has 6 nitrogen and oxygen atoms in total. The van der Waals surface area contributed by atoms with Crippen molar-refractivity contribution < 1.29 is 14.3 Å². The fourth-order valence-corrected chi connectivity index (χ4v) is 2.71. The smallest absolute Gasteiger partial charge is 0.249 e. The zero-order chi connectivity index (χ0) is 17.6. The van der Waals surface area contributed by atoms with Crippen molar-refractivity contribution in [3.05, 3.63) is 65.5 Å². The summed E-state index contributed by atoms with van der Waals surface area (Å²) in [6, 6.07) is 12.8. The largest absolute Gasteiger partial charge is 0.369 e. The van der Waals surface area contributed by atoms with Gasteiger partial charge >= 0.3 is 0 Å². The van der Waals surface area contributed by atoms with Gasteiger partial charge in [0.25, 0.3) is 0 Å². The molecule has 130 valence electrons. The van der Waals surface area contributed by atoms with Crippen LogP contribution in [-0.4, -0.2) is 41.0 Å². The monoisotopic (exact) mass is 339 g/mol. The highest BCUT2D eigenvalue weighted by Gasteiger charge is 2.33. The number of hydrogen-bond acceptors (Lipinski definition) is 4. The maximum atomic E-state index is 12.6. The molecule has 1 aromatic heterocycles. The maximum absolute atomic E-state index is 12.6. The summed E-state index contributed by atoms with van der Waals surface area (Å²) in [5.41, 5.74) is 2.82. The van der Waals surface area contributed by atoms with E-state index in [1.165, 1.54) is 0 Å². The number of nitrogens with one attached hydrogen (secondary N) is 1. The van der Waals surface area contributed by atoms with Gasteiger partial charge in [0.15, 0.2) is 0 Å². The van der Waals surface area contributed by atoms with Gasteiger partial charge in [0, 0.05) is 25.0 Å². The molecule has 0 spiro atoms. The van der Waals surface area contributed by atoms with Crippen LogP contribution >= 0.6 is 0 Å². The van der Waals surface area contributed by atoms with Crippen molar-refractivity contribution >= 4 is 11.8 Å². The second kappa shape index (κ2) is 7.90. The van der Waals surface area contributed by atoms with Crippen LogP contribution in [0.15, 0.2) is 48.7 Å². The summed E-state index contributed by atoms with van der Waals surface area (Å²) >= 11 is 0. The number of benzene rings is 1. The van der Waals surface area contributed by atoms with E-state index >= 15 is 0 Å². The lowest BCUT2D eigenvalue weighted by Gasteiger charge is -2.34. The Morgan fingerprint density at radius 1 is 1.24 bits per heavy atom. The summed E-state index contributed by atoms with van der Waals surface area (Å²) < 4.78 is 5.29. The standard InChI is InChI=1S/C19H21N3O3/c1-14-7-8-16(9-20-14)10-21-19(24)17-12-25-13-18(23)22(17)11-15-5-3-2-4-6-15/h2-9,17H,10-13H2,1H3,(H,21,24)/t17-/m1/s1. The highest BCUT2D eigenvalue weighted by Crippen LogP contribution is 2.14. The highest BCUT2D eigenvalue weighted by molar-refractivity contribution is 5.89. The van der Waals surface area contributed by atoms with Gasteiger partial charge in [-0.1, -0.05) is 36.4 Å². The molecule has 2 amide bonds. The number of morpholine rings is 1. The van der Waals surface area contributed by atoms with E-state index in [-0.39, 0.29) is 25.0 Å². The van der Waals surface area contributed by atoms with Crippen LogP contribution in [0.4, 0.5) is 0 Å². The van der Waals surface area contributed by atoms with Crippen LogP contribution in [0.25, 0.3) is 0 Å². The molecule has 0 aliphatic carbocycles. The summed E-state index contributed by atoms with van der Waals surface area (Å²) in [5.74, 6) is -0.392. The van der Waals surface area contributed by atoms with E-state index in [1.807, 2.05) is 49.4 Å². The Kier molecular flexibility index (Phi) is 5.40. The Morgan fingerprint density at radius 3 is 2.76 bits per heavy atom. The molecule has 0 radical (unpaired) electrons. The molecule has 25 heavy (non-hydrogen) atoms. The minimum Gasteiger partial charge on any atom is -0.369 e. The first-order valence-electron chi connectivity index (χ1n) is 8.24. The summed E-state index contributed by atoms with van der Waals surface area (Å²) in [7, 11) is 0. The summed E-state index contributed by atoms with van der Waals surface area (Å²) in [5, 5.41) is 2.87. The zero-order valence-electron chi connectivity index (χ0n) is 14.1. The number of hydrogen-bond donors (Lipinski definition) is 1. The van der Waals surface area contributed by atoms with Crippen molar-refractivity contribution in [3.63, 3.8) is 0 Å². The molecular weight excluding hydrogens is 318 g/mol. The van der Waals surface area contributed by atoms with Crippen LogP contribution in [0, 0.1) is 6.92 Å². The van der Waals surface area contributed by atoms with Crippen LogP contribution in [0.5, 0.6) is 0 Å². The Labute approximate surface area is 146 Å². The summed E-state index contributed by atoms with van der Waals surface area (Å²) in [4.78, 5) is 30.6. The number of aromatic nitrogens is 1. The summed E-state index contributed by atoms with van der Waals surface area (Å²) in [6.45, 7) is 2.90. The van der Waals surface area contributed by atoms with E-state index in [0.717, 1.165) is 16.8 Å². The number of ether oxygens (including phenoxy) is 1. The van der Waals surface area contributed by atoms with Crippen molar-refractivity contribution in [2.75, 3.05) is 13.2 Å². The minimum absolute atomic E-state index is 0.0124. The normalized spacial score (nSPS) is 17.4. The van der Waals surface area contributed by atoms with Gasteiger partial charge in [-0.15, -0.1) is 0 Å². The highest BCUT2D eigenvalue weighted by atomic mass is 16.5. The third-order valence-corrected chi connectivity index (χ3v) is 4.14. The second-order valence-electron chi connectivity index (χ2n) is 6.06. The summed E-state index contributed by atoms with van der Waals surface area (Å²) in [6.07, 6.45) is 1.74. The van der Waals surface area contributed by atoms with Gasteiger partial charge in [0.1, 0.15) is 12.6 Å². The second-order valence-corrected chi connectivity index (χ2v) is 6.06. The van der Waals surface area contributed by atoms with Crippen LogP contribution in [-0.2, 0) is 27.4 Å². The predicted molar refractivity (Wildman–Crippen MR) is 92.4 cm³/mol. The SMILES string of the molecule is Cc1ccc(CNC(=O)[C@H]2COCC(=O)N2Cc2ccccc2)cn1. The van der Waals surface area contributed by atoms with Crippen molar-refractivity contribution in [1.82, 2.24) is 15.2 Å². The molecule has 1 aliphatic heterocycles. The van der Waals surface area contributed by atoms with Gasteiger partial charge < -0.3 is 15.0 Å². The van der Waals surface area contributed by atoms with E-state index in [0.29, 0.717) is 13.1 Å². The van der Waals surface area contributed by atoms with Gasteiger partial charge in [-0.05, 0) is 24.1 Å². The van der Waals surface area contributed by atoms with Crippen LogP contribution in [0.1, 0.15) is 16.8 Å². The first kappa shape index (κ1) is 17.1. The molecule has 1 aromatic carbocycles. The van der Waals surface area contributed by atoms with E-state index in [1.54, 1.807) is 11.1 Å². The molecule has 0 bridgehead atoms. The first-order valence-corrected chi connectivity index (χ1v) is 8.24. The number of rotatable bonds is 5. The van der Waals surface area contributed by atoms with E-state index in [2.05, 4.69) is 10.3 Å². The lowest BCUT2D eigenvalue weighted by Crippen LogP contribution is -2.55. The quantitative estimate of drug-likeness (QED) is 0.895. The van der Waals surface area contributed by atoms with E-state index in [9.17, 15) is 9.59 Å². The molecular formula is C19H21N3O3. The topological polar surface area (TPSA) is 71.5 Å². The Hall–Kier alpha value is -2.73. The number of aryl methyl sites for hydroxylation is 1. The molecule has 0 unspecified atom stereocenters. The Balaban J connectivity index is 1.65. The third-order valence-electron chi connectivity index (χ3n) is 4.14. The average molecular weight is 339 g/mol. The Morgan fingerprint density at radius 2 is 2.04 bits per heavy atom. The van der Waals surface area contributed by atoms with Gasteiger partial charge in [-0.2, -0.15) is 0 Å². The molecule has 2 heterocycles. The number of amides is 2. The molecule has 1 N–H and O–H groups in total. The van der Waals surface area contributed by atoms with Crippen molar-refractivity contribution in [2.45, 2.75) is 26.1 Å². The molecule has 1 atom stereocenters. The van der Waals surface area contributed by atoms with Gasteiger partial charge in [0.2, 0.25) is 11.8 Å². The van der Waals surface area contributed by atoms with Crippen LogP contribution < -0.4 is 5.32 Å². The van der Waals surface area contributed by atoms with E-state index < -0.39 is 6.04 Å². The zero-order valence-corrected chi connectivity index (χ0v) is 14.1. The molecule has 3 rings (SSSR count). The van der Waals surface area contributed by atoms with Crippen LogP contribution in [0.3, 0.4) is 0 Å². The van der Waals surface area contributed by atoms with E-state index in [4.69, 9.17) is 4.74 Å². The Bertz CT molecular complexity index is 731. The van der Waals surface area contributed by atoms with Gasteiger partial charge in [-0.3, -0.25) is 14.6 Å². The maximum Gasteiger partial charge on any atom is 0.249 e. The molecule has 1 saturated heterocycles. The average Bonchev–Trinajstić information content (AvgIpc) is 2.63. The lowest BCUT2D eigenvalue weighted by molar-refractivity contribution is -0.155. The lowest BCUT2D eigenvalue weighted by atomic mass is 10.1. The minimum atomic E-state index is -0.625. The molecule has 2 aromatic rings. The van der Waals surface area contributed by atoms with Crippen molar-refractivity contribution in [3.8, 4) is 0 Å². The molecule has 0 saturated carbocycles. The first-order chi connectivity index (χ1) is 12.1. The molecule has 6 heteroatoms. The van der Waals surface area contributed by atoms with Crippen molar-refractivity contribution in [1.29, 1.82) is 0 Å². The molecule has 1 aliphatic rings. The number of carbonyl (C=O) groups is 2. The van der Waals surface area contributed by atoms with Crippen LogP contribution in [0.2, 0.25) is 0 Å². The predicted octanol–water partition coefficient (Wildman–Crippen LogP) is 1.43. The van der Waals surface area contributed by atoms with Gasteiger partial charge in [-0.25, -0.2) is 0 Å². The fraction of sp³-hybridized carbons (Fsp3) is 0.316. The molecule has 1 fully saturated rings. The number of nitrogens with zero attached hydrogens (tertiary/aromatic N) is 2. The van der Waals surface area contributed by atoms with Crippen molar-refractivity contribution in [2.24, 2.45) is 0 Å². The van der Waals surface area contributed by atoms with Gasteiger partial charge in [0.05, 0.1) is 6.61 Å². The fourth-order valence-electron chi connectivity index (χ4n) is 2.71.